The first-order valence-corrected chi connectivity index (χ1v) is 7.23. The minimum Gasteiger partial charge on any atom is -0.481 e. The molecule has 3 N–H and O–H groups in total. The summed E-state index contributed by atoms with van der Waals surface area (Å²) in [6, 6.07) is 8.34. The van der Waals surface area contributed by atoms with E-state index in [1.165, 1.54) is 18.5 Å². The van der Waals surface area contributed by atoms with Gasteiger partial charge in [-0.3, -0.25) is 4.79 Å². The van der Waals surface area contributed by atoms with Crippen molar-refractivity contribution in [2.75, 3.05) is 36.4 Å². The summed E-state index contributed by atoms with van der Waals surface area (Å²) in [5.41, 5.74) is 1.92. The van der Waals surface area contributed by atoms with Crippen LogP contribution in [0, 0.1) is 0 Å². The highest BCUT2D eigenvalue weighted by Gasteiger charge is 2.38. The second-order valence-corrected chi connectivity index (χ2v) is 5.82. The molecule has 2 fully saturated rings. The molecular formula is C15H21N3O2. The maximum absolute atomic E-state index is 11.0. The highest BCUT2D eigenvalue weighted by atomic mass is 16.4. The van der Waals surface area contributed by atoms with Crippen LogP contribution in [0.25, 0.3) is 0 Å². The van der Waals surface area contributed by atoms with Gasteiger partial charge in [0.2, 0.25) is 0 Å². The van der Waals surface area contributed by atoms with Gasteiger partial charge in [-0.25, -0.2) is 0 Å². The van der Waals surface area contributed by atoms with E-state index < -0.39 is 5.97 Å². The summed E-state index contributed by atoms with van der Waals surface area (Å²) in [6.45, 7) is 3.68. The predicted molar refractivity (Wildman–Crippen MR) is 79.4 cm³/mol. The summed E-state index contributed by atoms with van der Waals surface area (Å²) in [7, 11) is 0. The van der Waals surface area contributed by atoms with E-state index in [1.807, 2.05) is 0 Å². The third-order valence-electron chi connectivity index (χ3n) is 4.16. The highest BCUT2D eigenvalue weighted by molar-refractivity contribution is 5.70. The Morgan fingerprint density at radius 2 is 1.90 bits per heavy atom. The average molecular weight is 275 g/mol. The van der Waals surface area contributed by atoms with Crippen LogP contribution in [0.2, 0.25) is 0 Å². The maximum Gasteiger partial charge on any atom is 0.305 e. The topological polar surface area (TPSA) is 64.6 Å². The van der Waals surface area contributed by atoms with Crippen molar-refractivity contribution >= 4 is 17.3 Å². The van der Waals surface area contributed by atoms with Crippen molar-refractivity contribution in [3.8, 4) is 0 Å². The number of nitrogens with zero attached hydrogens (tertiary/aromatic N) is 1. The molecule has 0 aliphatic carbocycles. The van der Waals surface area contributed by atoms with E-state index >= 15 is 0 Å². The van der Waals surface area contributed by atoms with Gasteiger partial charge < -0.3 is 20.6 Å². The van der Waals surface area contributed by atoms with Gasteiger partial charge in [0.15, 0.2) is 0 Å². The summed E-state index contributed by atoms with van der Waals surface area (Å²) in [5.74, 6) is -0.757. The molecule has 0 saturated carbocycles. The molecule has 1 aromatic rings. The number of anilines is 2. The van der Waals surface area contributed by atoms with E-state index in [9.17, 15) is 4.79 Å². The van der Waals surface area contributed by atoms with Crippen molar-refractivity contribution in [2.45, 2.75) is 24.8 Å². The lowest BCUT2D eigenvalue weighted by molar-refractivity contribution is -0.138. The summed E-state index contributed by atoms with van der Waals surface area (Å²) in [4.78, 5) is 13.3. The number of hydrogen-bond donors (Lipinski definition) is 3. The standard InChI is InChI=1S/C15H21N3O2/c19-14(20)9-15(10-16-11-15)17-12-3-5-13(6-4-12)18-7-1-2-8-18/h3-6,16-17H,1-2,7-11H2,(H,19,20). The van der Waals surface area contributed by atoms with Crippen molar-refractivity contribution in [3.63, 3.8) is 0 Å². The Morgan fingerprint density at radius 3 is 2.40 bits per heavy atom. The van der Waals surface area contributed by atoms with Crippen molar-refractivity contribution in [3.05, 3.63) is 24.3 Å². The zero-order valence-corrected chi connectivity index (χ0v) is 11.6. The van der Waals surface area contributed by atoms with Gasteiger partial charge in [0, 0.05) is 37.6 Å². The molecule has 0 bridgehead atoms. The second kappa shape index (κ2) is 5.32. The first-order chi connectivity index (χ1) is 9.67. The molecule has 108 valence electrons. The molecule has 2 saturated heterocycles. The molecule has 0 amide bonds. The van der Waals surface area contributed by atoms with E-state index in [-0.39, 0.29) is 12.0 Å². The maximum atomic E-state index is 11.0. The number of rotatable bonds is 5. The molecule has 1 aromatic carbocycles. The van der Waals surface area contributed by atoms with E-state index in [1.54, 1.807) is 0 Å². The first kappa shape index (κ1) is 13.2. The molecule has 0 radical (unpaired) electrons. The zero-order chi connectivity index (χ0) is 14.0. The molecule has 5 nitrogen and oxygen atoms in total. The van der Waals surface area contributed by atoms with Gasteiger partial charge in [-0.05, 0) is 37.1 Å². The van der Waals surface area contributed by atoms with Crippen LogP contribution < -0.4 is 15.5 Å². The Hall–Kier alpha value is -1.75. The fourth-order valence-electron chi connectivity index (χ4n) is 3.01. The van der Waals surface area contributed by atoms with Gasteiger partial charge in [-0.1, -0.05) is 0 Å². The van der Waals surface area contributed by atoms with Gasteiger partial charge in [-0.15, -0.1) is 0 Å². The van der Waals surface area contributed by atoms with Crippen LogP contribution in [-0.2, 0) is 4.79 Å². The Kier molecular flexibility index (Phi) is 3.53. The van der Waals surface area contributed by atoms with Gasteiger partial charge in [0.1, 0.15) is 0 Å². The SMILES string of the molecule is O=C(O)CC1(Nc2ccc(N3CCCC3)cc2)CNC1. The van der Waals surface area contributed by atoms with Crippen LogP contribution in [0.3, 0.4) is 0 Å². The predicted octanol–water partition coefficient (Wildman–Crippen LogP) is 1.52. The second-order valence-electron chi connectivity index (χ2n) is 5.82. The summed E-state index contributed by atoms with van der Waals surface area (Å²) in [6.07, 6.45) is 2.69. The lowest BCUT2D eigenvalue weighted by Crippen LogP contribution is -2.65. The lowest BCUT2D eigenvalue weighted by atomic mass is 9.88. The number of nitrogens with one attached hydrogen (secondary N) is 2. The van der Waals surface area contributed by atoms with Crippen LogP contribution >= 0.6 is 0 Å². The average Bonchev–Trinajstić information content (AvgIpc) is 2.90. The third kappa shape index (κ3) is 2.72. The molecule has 2 aliphatic rings. The summed E-state index contributed by atoms with van der Waals surface area (Å²) in [5, 5.41) is 15.5. The first-order valence-electron chi connectivity index (χ1n) is 7.23. The van der Waals surface area contributed by atoms with Crippen LogP contribution in [0.15, 0.2) is 24.3 Å². The molecule has 2 aliphatic heterocycles. The quantitative estimate of drug-likeness (QED) is 0.760. The molecule has 0 aromatic heterocycles. The van der Waals surface area contributed by atoms with Crippen LogP contribution in [0.5, 0.6) is 0 Å². The van der Waals surface area contributed by atoms with Gasteiger partial charge in [0.25, 0.3) is 0 Å². The number of carbonyl (C=O) groups is 1. The van der Waals surface area contributed by atoms with Gasteiger partial charge in [-0.2, -0.15) is 0 Å². The number of aliphatic carboxylic acids is 1. The van der Waals surface area contributed by atoms with Crippen molar-refractivity contribution in [1.29, 1.82) is 0 Å². The van der Waals surface area contributed by atoms with E-state index in [4.69, 9.17) is 5.11 Å². The van der Waals surface area contributed by atoms with Crippen LogP contribution in [0.1, 0.15) is 19.3 Å². The van der Waals surface area contributed by atoms with Crippen molar-refractivity contribution in [1.82, 2.24) is 5.32 Å². The smallest absolute Gasteiger partial charge is 0.305 e. The lowest BCUT2D eigenvalue weighted by Gasteiger charge is -2.43. The Labute approximate surface area is 119 Å². The fraction of sp³-hybridized carbons (Fsp3) is 0.533. The van der Waals surface area contributed by atoms with E-state index in [0.29, 0.717) is 13.1 Å². The van der Waals surface area contributed by atoms with E-state index in [0.717, 1.165) is 18.8 Å². The molecule has 5 heteroatoms. The third-order valence-corrected chi connectivity index (χ3v) is 4.16. The number of hydrogen-bond acceptors (Lipinski definition) is 4. The monoisotopic (exact) mass is 275 g/mol. The molecule has 3 rings (SSSR count). The summed E-state index contributed by atoms with van der Waals surface area (Å²) < 4.78 is 0. The van der Waals surface area contributed by atoms with Crippen LogP contribution in [-0.4, -0.2) is 42.8 Å². The Balaban J connectivity index is 1.66. The largest absolute Gasteiger partial charge is 0.481 e. The molecule has 0 unspecified atom stereocenters. The van der Waals surface area contributed by atoms with Crippen molar-refractivity contribution < 1.29 is 9.90 Å². The molecule has 0 atom stereocenters. The Morgan fingerprint density at radius 1 is 1.25 bits per heavy atom. The van der Waals surface area contributed by atoms with Crippen molar-refractivity contribution in [2.24, 2.45) is 0 Å². The Bertz CT molecular complexity index is 476. The fourth-order valence-corrected chi connectivity index (χ4v) is 3.01. The normalized spacial score (nSPS) is 20.5. The number of carboxylic acids is 1. The minimum atomic E-state index is -0.757. The molecular weight excluding hydrogens is 254 g/mol. The highest BCUT2D eigenvalue weighted by Crippen LogP contribution is 2.26. The summed E-state index contributed by atoms with van der Waals surface area (Å²) >= 11 is 0. The van der Waals surface area contributed by atoms with Gasteiger partial charge >= 0.3 is 5.97 Å². The molecule has 2 heterocycles. The number of benzene rings is 1. The van der Waals surface area contributed by atoms with E-state index in [2.05, 4.69) is 39.8 Å². The molecule has 0 spiro atoms. The van der Waals surface area contributed by atoms with Gasteiger partial charge in [0.05, 0.1) is 12.0 Å². The molecule has 20 heavy (non-hydrogen) atoms. The number of carboxylic acid groups (broad SMARTS) is 1. The zero-order valence-electron chi connectivity index (χ0n) is 11.6. The minimum absolute atomic E-state index is 0.147. The van der Waals surface area contributed by atoms with Crippen LogP contribution in [0.4, 0.5) is 11.4 Å².